The maximum absolute atomic E-state index is 14.4. The lowest BCUT2D eigenvalue weighted by molar-refractivity contribution is -0.132. The molecule has 1 saturated heterocycles. The monoisotopic (exact) mass is 434 g/mol. The molecule has 0 aliphatic carbocycles. The maximum atomic E-state index is 14.4. The Morgan fingerprint density at radius 3 is 2.66 bits per heavy atom. The molecule has 1 atom stereocenters. The standard InChI is InChI=1S/C22H23FN8O/c1-13-17-10-26-22(21-24-5-3-6-25-21)28-18(17)4-7-31(13)20-9-15(23)8-19(29-20)27-16-11-30(12-16)14(2)32/h3,5-6,8-10,13,16H,4,7,11-12H2,1-2H3,(H,27,29). The molecule has 5 rings (SSSR count). The molecular formula is C22H23FN8O. The van der Waals surface area contributed by atoms with Crippen molar-refractivity contribution in [2.45, 2.75) is 32.4 Å². The van der Waals surface area contributed by atoms with E-state index in [1.54, 1.807) is 36.5 Å². The van der Waals surface area contributed by atoms with Gasteiger partial charge in [0.15, 0.2) is 11.6 Å². The van der Waals surface area contributed by atoms with Gasteiger partial charge in [-0.3, -0.25) is 4.79 Å². The number of nitrogens with one attached hydrogen (secondary N) is 1. The van der Waals surface area contributed by atoms with Crippen molar-refractivity contribution in [2.75, 3.05) is 29.9 Å². The van der Waals surface area contributed by atoms with Gasteiger partial charge in [0.1, 0.15) is 17.5 Å². The summed E-state index contributed by atoms with van der Waals surface area (Å²) in [5, 5.41) is 3.23. The summed E-state index contributed by atoms with van der Waals surface area (Å²) in [5.41, 5.74) is 1.92. The Hall–Kier alpha value is -3.69. The normalized spacial score (nSPS) is 18.2. The van der Waals surface area contributed by atoms with Crippen molar-refractivity contribution in [1.29, 1.82) is 0 Å². The summed E-state index contributed by atoms with van der Waals surface area (Å²) in [4.78, 5) is 37.4. The van der Waals surface area contributed by atoms with E-state index in [-0.39, 0.29) is 23.8 Å². The number of nitrogens with zero attached hydrogens (tertiary/aromatic N) is 7. The molecule has 0 saturated carbocycles. The van der Waals surface area contributed by atoms with E-state index < -0.39 is 0 Å². The molecule has 1 N–H and O–H groups in total. The van der Waals surface area contributed by atoms with Crippen LogP contribution >= 0.6 is 0 Å². The fraction of sp³-hybridized carbons (Fsp3) is 0.364. The van der Waals surface area contributed by atoms with E-state index in [1.807, 2.05) is 6.92 Å². The van der Waals surface area contributed by atoms with Crippen LogP contribution in [0.4, 0.5) is 16.0 Å². The summed E-state index contributed by atoms with van der Waals surface area (Å²) in [5.74, 6) is 1.71. The highest BCUT2D eigenvalue weighted by Crippen LogP contribution is 2.33. The number of halogens is 1. The fourth-order valence-corrected chi connectivity index (χ4v) is 4.14. The highest BCUT2D eigenvalue weighted by Gasteiger charge is 2.30. The van der Waals surface area contributed by atoms with E-state index in [0.29, 0.717) is 49.3 Å². The predicted octanol–water partition coefficient (Wildman–Crippen LogP) is 2.23. The summed E-state index contributed by atoms with van der Waals surface area (Å²) in [7, 11) is 0. The van der Waals surface area contributed by atoms with Crippen LogP contribution in [0.15, 0.2) is 36.8 Å². The molecule has 0 radical (unpaired) electrons. The number of pyridine rings is 1. The number of hydrogen-bond acceptors (Lipinski definition) is 8. The highest BCUT2D eigenvalue weighted by atomic mass is 19.1. The van der Waals surface area contributed by atoms with Crippen molar-refractivity contribution < 1.29 is 9.18 Å². The van der Waals surface area contributed by atoms with Gasteiger partial charge in [0, 0.05) is 69.3 Å². The minimum Gasteiger partial charge on any atom is -0.364 e. The van der Waals surface area contributed by atoms with Crippen molar-refractivity contribution in [3.8, 4) is 11.6 Å². The number of carbonyl (C=O) groups is 1. The van der Waals surface area contributed by atoms with Crippen LogP contribution in [0.3, 0.4) is 0 Å². The molecule has 9 nitrogen and oxygen atoms in total. The zero-order valence-electron chi connectivity index (χ0n) is 17.9. The van der Waals surface area contributed by atoms with Crippen LogP contribution in [0.2, 0.25) is 0 Å². The molecule has 10 heteroatoms. The number of anilines is 2. The van der Waals surface area contributed by atoms with E-state index in [4.69, 9.17) is 0 Å². The van der Waals surface area contributed by atoms with Gasteiger partial charge < -0.3 is 15.1 Å². The Bertz CT molecular complexity index is 1150. The first-order valence-electron chi connectivity index (χ1n) is 10.6. The molecule has 3 aromatic heterocycles. The Labute approximate surface area is 184 Å². The third kappa shape index (κ3) is 3.83. The molecule has 5 heterocycles. The molecule has 32 heavy (non-hydrogen) atoms. The SMILES string of the molecule is CC(=O)N1CC(Nc2cc(F)cc(N3CCc4nc(-c5ncccn5)ncc4C3C)n2)C1. The van der Waals surface area contributed by atoms with Crippen molar-refractivity contribution in [2.24, 2.45) is 0 Å². The minimum atomic E-state index is -0.355. The predicted molar refractivity (Wildman–Crippen MR) is 116 cm³/mol. The molecule has 1 unspecified atom stereocenters. The first-order chi connectivity index (χ1) is 15.5. The summed E-state index contributed by atoms with van der Waals surface area (Å²) < 4.78 is 14.4. The molecule has 2 aliphatic rings. The molecular weight excluding hydrogens is 411 g/mol. The van der Waals surface area contributed by atoms with Crippen LogP contribution in [0.25, 0.3) is 11.6 Å². The van der Waals surface area contributed by atoms with E-state index in [0.717, 1.165) is 11.3 Å². The van der Waals surface area contributed by atoms with Crippen molar-refractivity contribution in [3.05, 3.63) is 53.9 Å². The third-order valence-electron chi connectivity index (χ3n) is 5.92. The second kappa shape index (κ2) is 8.10. The van der Waals surface area contributed by atoms with Gasteiger partial charge in [0.25, 0.3) is 0 Å². The summed E-state index contributed by atoms with van der Waals surface area (Å²) in [6.07, 6.45) is 5.81. The van der Waals surface area contributed by atoms with Gasteiger partial charge in [-0.2, -0.15) is 0 Å². The number of fused-ring (bicyclic) bond motifs is 1. The van der Waals surface area contributed by atoms with Crippen molar-refractivity contribution in [1.82, 2.24) is 29.8 Å². The Morgan fingerprint density at radius 2 is 1.91 bits per heavy atom. The van der Waals surface area contributed by atoms with Gasteiger partial charge in [0.05, 0.1) is 17.8 Å². The zero-order valence-corrected chi connectivity index (χ0v) is 17.9. The average molecular weight is 434 g/mol. The topological polar surface area (TPSA) is 100 Å². The fourth-order valence-electron chi connectivity index (χ4n) is 4.14. The second-order valence-electron chi connectivity index (χ2n) is 8.08. The molecule has 2 aliphatic heterocycles. The van der Waals surface area contributed by atoms with Crippen LogP contribution in [0.1, 0.15) is 31.1 Å². The van der Waals surface area contributed by atoms with E-state index in [9.17, 15) is 9.18 Å². The first-order valence-corrected chi connectivity index (χ1v) is 10.6. The number of aromatic nitrogens is 5. The zero-order chi connectivity index (χ0) is 22.2. The molecule has 3 aromatic rings. The summed E-state index contributed by atoms with van der Waals surface area (Å²) >= 11 is 0. The molecule has 0 spiro atoms. The Kier molecular flexibility index (Phi) is 5.12. The van der Waals surface area contributed by atoms with Gasteiger partial charge in [-0.1, -0.05) is 0 Å². The van der Waals surface area contributed by atoms with Crippen LogP contribution in [-0.2, 0) is 11.2 Å². The van der Waals surface area contributed by atoms with E-state index in [2.05, 4.69) is 35.1 Å². The molecule has 1 amide bonds. The second-order valence-corrected chi connectivity index (χ2v) is 8.08. The van der Waals surface area contributed by atoms with Crippen LogP contribution in [0.5, 0.6) is 0 Å². The Balaban J connectivity index is 1.35. The third-order valence-corrected chi connectivity index (χ3v) is 5.92. The van der Waals surface area contributed by atoms with Gasteiger partial charge in [-0.05, 0) is 13.0 Å². The van der Waals surface area contributed by atoms with E-state index >= 15 is 0 Å². The smallest absolute Gasteiger partial charge is 0.219 e. The van der Waals surface area contributed by atoms with Gasteiger partial charge in [-0.25, -0.2) is 29.3 Å². The van der Waals surface area contributed by atoms with E-state index in [1.165, 1.54) is 12.1 Å². The lowest BCUT2D eigenvalue weighted by Gasteiger charge is -2.39. The summed E-state index contributed by atoms with van der Waals surface area (Å²) in [6, 6.07) is 4.59. The van der Waals surface area contributed by atoms with Crippen LogP contribution in [-0.4, -0.2) is 61.4 Å². The number of rotatable bonds is 4. The highest BCUT2D eigenvalue weighted by molar-refractivity contribution is 5.74. The molecule has 0 aromatic carbocycles. The van der Waals surface area contributed by atoms with Crippen molar-refractivity contribution >= 4 is 17.5 Å². The number of hydrogen-bond donors (Lipinski definition) is 1. The first kappa shape index (κ1) is 20.2. The molecule has 0 bridgehead atoms. The van der Waals surface area contributed by atoms with Gasteiger partial charge in [0.2, 0.25) is 5.91 Å². The largest absolute Gasteiger partial charge is 0.364 e. The minimum absolute atomic E-state index is 0.0425. The Morgan fingerprint density at radius 1 is 1.12 bits per heavy atom. The van der Waals surface area contributed by atoms with Crippen LogP contribution in [0, 0.1) is 5.82 Å². The van der Waals surface area contributed by atoms with Gasteiger partial charge in [-0.15, -0.1) is 0 Å². The molecule has 1 fully saturated rings. The lowest BCUT2D eigenvalue weighted by Crippen LogP contribution is -2.56. The van der Waals surface area contributed by atoms with Crippen molar-refractivity contribution in [3.63, 3.8) is 0 Å². The van der Waals surface area contributed by atoms with Gasteiger partial charge >= 0.3 is 0 Å². The maximum Gasteiger partial charge on any atom is 0.219 e. The molecule has 164 valence electrons. The average Bonchev–Trinajstić information content (AvgIpc) is 2.76. The van der Waals surface area contributed by atoms with Crippen LogP contribution < -0.4 is 10.2 Å². The lowest BCUT2D eigenvalue weighted by atomic mass is 9.99. The quantitative estimate of drug-likeness (QED) is 0.667. The number of likely N-dealkylation sites (tertiary alicyclic amines) is 1. The number of carbonyl (C=O) groups excluding carboxylic acids is 1. The summed E-state index contributed by atoms with van der Waals surface area (Å²) in [6.45, 7) is 5.43. The number of amides is 1.